The molecule has 18 heavy (non-hydrogen) atoms. The van der Waals surface area contributed by atoms with Crippen molar-refractivity contribution in [3.05, 3.63) is 27.4 Å². The molecule has 1 aromatic heterocycles. The molecule has 5 heteroatoms. The van der Waals surface area contributed by atoms with Crippen molar-refractivity contribution in [2.75, 3.05) is 13.7 Å². The van der Waals surface area contributed by atoms with Gasteiger partial charge in [0.05, 0.1) is 5.69 Å². The summed E-state index contributed by atoms with van der Waals surface area (Å²) in [6.07, 6.45) is 2.32. The van der Waals surface area contributed by atoms with Gasteiger partial charge in [-0.1, -0.05) is 13.8 Å². The van der Waals surface area contributed by atoms with Crippen LogP contribution in [0.25, 0.3) is 0 Å². The van der Waals surface area contributed by atoms with E-state index in [-0.39, 0.29) is 5.56 Å². The van der Waals surface area contributed by atoms with E-state index in [0.29, 0.717) is 12.4 Å². The van der Waals surface area contributed by atoms with Crippen molar-refractivity contribution in [3.8, 4) is 0 Å². The van der Waals surface area contributed by atoms with Crippen LogP contribution in [0.5, 0.6) is 0 Å². The van der Waals surface area contributed by atoms with Crippen LogP contribution >= 0.6 is 0 Å². The summed E-state index contributed by atoms with van der Waals surface area (Å²) < 4.78 is 5.62. The fourth-order valence-corrected chi connectivity index (χ4v) is 2.55. The van der Waals surface area contributed by atoms with Crippen LogP contribution in [-0.2, 0) is 23.3 Å². The van der Waals surface area contributed by atoms with Crippen molar-refractivity contribution in [2.45, 2.75) is 45.3 Å². The number of aromatic amines is 1. The molecular weight excluding hydrogens is 230 g/mol. The van der Waals surface area contributed by atoms with Crippen LogP contribution in [0, 0.1) is 0 Å². The highest BCUT2D eigenvalue weighted by Crippen LogP contribution is 2.29. The van der Waals surface area contributed by atoms with Crippen LogP contribution in [-0.4, -0.2) is 23.6 Å². The number of aromatic nitrogens is 2. The van der Waals surface area contributed by atoms with Crippen molar-refractivity contribution in [3.63, 3.8) is 0 Å². The van der Waals surface area contributed by atoms with Crippen LogP contribution in [0.4, 0.5) is 0 Å². The van der Waals surface area contributed by atoms with Gasteiger partial charge in [-0.2, -0.15) is 0 Å². The summed E-state index contributed by atoms with van der Waals surface area (Å²) in [5.74, 6) is 0.655. The summed E-state index contributed by atoms with van der Waals surface area (Å²) in [5.41, 5.74) is 1.18. The second-order valence-corrected chi connectivity index (χ2v) is 4.67. The maximum atomic E-state index is 12.1. The second-order valence-electron chi connectivity index (χ2n) is 4.67. The summed E-state index contributed by atoms with van der Waals surface area (Å²) in [6.45, 7) is 5.60. The average molecular weight is 251 g/mol. The molecule has 0 unspecified atom stereocenters. The van der Waals surface area contributed by atoms with E-state index < -0.39 is 5.60 Å². The molecule has 0 aliphatic carbocycles. The Labute approximate surface area is 107 Å². The van der Waals surface area contributed by atoms with Gasteiger partial charge in [0, 0.05) is 19.2 Å². The number of ether oxygens (including phenoxy) is 1. The first-order chi connectivity index (χ1) is 8.66. The number of rotatable bonds is 4. The monoisotopic (exact) mass is 251 g/mol. The summed E-state index contributed by atoms with van der Waals surface area (Å²) in [7, 11) is 1.67. The summed E-state index contributed by atoms with van der Waals surface area (Å²) in [4.78, 5) is 19.6. The molecule has 2 N–H and O–H groups in total. The highest BCUT2D eigenvalue weighted by atomic mass is 16.5. The number of hydrogen-bond acceptors (Lipinski definition) is 4. The van der Waals surface area contributed by atoms with Gasteiger partial charge in [-0.25, -0.2) is 4.98 Å². The van der Waals surface area contributed by atoms with E-state index in [0.717, 1.165) is 37.1 Å². The molecule has 0 aromatic carbocycles. The van der Waals surface area contributed by atoms with Crippen molar-refractivity contribution in [2.24, 2.45) is 0 Å². The molecule has 1 aliphatic heterocycles. The van der Waals surface area contributed by atoms with Crippen LogP contribution < -0.4 is 10.9 Å². The molecule has 5 nitrogen and oxygen atoms in total. The van der Waals surface area contributed by atoms with Crippen LogP contribution in [0.15, 0.2) is 4.79 Å². The molecule has 1 aliphatic rings. The predicted molar refractivity (Wildman–Crippen MR) is 69.5 cm³/mol. The van der Waals surface area contributed by atoms with Gasteiger partial charge in [-0.3, -0.25) is 4.79 Å². The zero-order chi connectivity index (χ0) is 13.2. The normalized spacial score (nSPS) is 15.5. The van der Waals surface area contributed by atoms with Crippen molar-refractivity contribution in [1.82, 2.24) is 15.3 Å². The fraction of sp³-hybridized carbons (Fsp3) is 0.692. The van der Waals surface area contributed by atoms with Crippen LogP contribution in [0.2, 0.25) is 0 Å². The zero-order valence-corrected chi connectivity index (χ0v) is 11.3. The van der Waals surface area contributed by atoms with E-state index >= 15 is 0 Å². The Kier molecular flexibility index (Phi) is 3.82. The molecule has 0 radical (unpaired) electrons. The molecule has 2 heterocycles. The first-order valence-corrected chi connectivity index (χ1v) is 6.55. The summed E-state index contributed by atoms with van der Waals surface area (Å²) in [5, 5.41) is 3.24. The van der Waals surface area contributed by atoms with E-state index in [9.17, 15) is 4.79 Å². The minimum atomic E-state index is -0.481. The summed E-state index contributed by atoms with van der Waals surface area (Å²) >= 11 is 0. The number of fused-ring (bicyclic) bond motifs is 1. The molecular formula is C13H21N3O2. The van der Waals surface area contributed by atoms with Gasteiger partial charge in [-0.05, 0) is 25.8 Å². The van der Waals surface area contributed by atoms with Gasteiger partial charge < -0.3 is 15.0 Å². The quantitative estimate of drug-likeness (QED) is 0.840. The SMILES string of the molecule is CCC(CC)(OC)c1nc2c(c(=O)[nH]1)CCNC2. The van der Waals surface area contributed by atoms with E-state index in [4.69, 9.17) is 4.74 Å². The van der Waals surface area contributed by atoms with Gasteiger partial charge in [-0.15, -0.1) is 0 Å². The lowest BCUT2D eigenvalue weighted by Crippen LogP contribution is -2.37. The topological polar surface area (TPSA) is 67.0 Å². The standard InChI is InChI=1S/C13H21N3O2/c1-4-13(5-2,18-3)12-15-10-8-14-7-6-9(10)11(17)16-12/h14H,4-8H2,1-3H3,(H,15,16,17). The van der Waals surface area contributed by atoms with E-state index in [2.05, 4.69) is 15.3 Å². The number of nitrogens with zero attached hydrogens (tertiary/aromatic N) is 1. The Hall–Kier alpha value is -1.20. The van der Waals surface area contributed by atoms with Gasteiger partial charge in [0.1, 0.15) is 11.4 Å². The lowest BCUT2D eigenvalue weighted by Gasteiger charge is -2.30. The Bertz CT molecular complexity index is 469. The third-order valence-corrected chi connectivity index (χ3v) is 3.91. The molecule has 0 saturated carbocycles. The van der Waals surface area contributed by atoms with E-state index in [1.807, 2.05) is 13.8 Å². The smallest absolute Gasteiger partial charge is 0.254 e. The van der Waals surface area contributed by atoms with Crippen molar-refractivity contribution in [1.29, 1.82) is 0 Å². The predicted octanol–water partition coefficient (Wildman–Crippen LogP) is 1.08. The highest BCUT2D eigenvalue weighted by molar-refractivity contribution is 5.22. The molecule has 1 aromatic rings. The molecule has 0 atom stereocenters. The molecule has 0 amide bonds. The second kappa shape index (κ2) is 5.20. The molecule has 0 fully saturated rings. The molecule has 0 bridgehead atoms. The Balaban J connectivity index is 2.52. The maximum Gasteiger partial charge on any atom is 0.254 e. The third kappa shape index (κ3) is 2.08. The third-order valence-electron chi connectivity index (χ3n) is 3.91. The Morgan fingerprint density at radius 1 is 1.39 bits per heavy atom. The van der Waals surface area contributed by atoms with Crippen LogP contribution in [0.3, 0.4) is 0 Å². The molecule has 100 valence electrons. The lowest BCUT2D eigenvalue weighted by molar-refractivity contribution is -0.0295. The number of hydrogen-bond donors (Lipinski definition) is 2. The van der Waals surface area contributed by atoms with Crippen molar-refractivity contribution >= 4 is 0 Å². The first kappa shape index (κ1) is 13.2. The minimum absolute atomic E-state index is 0.0141. The van der Waals surface area contributed by atoms with E-state index in [1.54, 1.807) is 7.11 Å². The fourth-order valence-electron chi connectivity index (χ4n) is 2.55. The average Bonchev–Trinajstić information content (AvgIpc) is 2.42. The van der Waals surface area contributed by atoms with E-state index in [1.165, 1.54) is 0 Å². The minimum Gasteiger partial charge on any atom is -0.370 e. The van der Waals surface area contributed by atoms with Crippen LogP contribution in [0.1, 0.15) is 43.8 Å². The Morgan fingerprint density at radius 3 is 2.72 bits per heavy atom. The number of H-pyrrole nitrogens is 1. The molecule has 0 saturated heterocycles. The highest BCUT2D eigenvalue weighted by Gasteiger charge is 2.32. The Morgan fingerprint density at radius 2 is 2.11 bits per heavy atom. The van der Waals surface area contributed by atoms with Gasteiger partial charge in [0.25, 0.3) is 5.56 Å². The van der Waals surface area contributed by atoms with Gasteiger partial charge in [0.2, 0.25) is 0 Å². The van der Waals surface area contributed by atoms with Gasteiger partial charge in [0.15, 0.2) is 0 Å². The summed E-state index contributed by atoms with van der Waals surface area (Å²) in [6, 6.07) is 0. The molecule has 2 rings (SSSR count). The van der Waals surface area contributed by atoms with Crippen molar-refractivity contribution < 1.29 is 4.74 Å². The zero-order valence-electron chi connectivity index (χ0n) is 11.3. The lowest BCUT2D eigenvalue weighted by atomic mass is 9.95. The molecule has 0 spiro atoms. The number of nitrogens with one attached hydrogen (secondary N) is 2. The van der Waals surface area contributed by atoms with Gasteiger partial charge >= 0.3 is 0 Å². The maximum absolute atomic E-state index is 12.1. The largest absolute Gasteiger partial charge is 0.370 e. The number of methoxy groups -OCH3 is 1. The first-order valence-electron chi connectivity index (χ1n) is 6.55.